The number of halogens is 1. The lowest BCUT2D eigenvalue weighted by Gasteiger charge is -2.09. The van der Waals surface area contributed by atoms with Crippen molar-refractivity contribution < 1.29 is 12.8 Å². The predicted molar refractivity (Wildman–Crippen MR) is 55.9 cm³/mol. The monoisotopic (exact) mass is 239 g/mol. The minimum atomic E-state index is -3.64. The van der Waals surface area contributed by atoms with Gasteiger partial charge in [0, 0.05) is 0 Å². The quantitative estimate of drug-likeness (QED) is 0.741. The van der Waals surface area contributed by atoms with Gasteiger partial charge in [0.05, 0.1) is 11.0 Å². The number of rotatable bonds is 2. The summed E-state index contributed by atoms with van der Waals surface area (Å²) in [5, 5.41) is 8.87. The van der Waals surface area contributed by atoms with E-state index in [1.807, 2.05) is 6.07 Å². The Labute approximate surface area is 93.4 Å². The van der Waals surface area contributed by atoms with E-state index in [9.17, 15) is 12.8 Å². The summed E-state index contributed by atoms with van der Waals surface area (Å²) < 4.78 is 35.9. The zero-order valence-corrected chi connectivity index (χ0v) is 9.51. The van der Waals surface area contributed by atoms with Crippen LogP contribution in [0.5, 0.6) is 0 Å². The first-order valence-corrected chi connectivity index (χ1v) is 6.33. The fourth-order valence-electron chi connectivity index (χ4n) is 1.56. The molecule has 1 fully saturated rings. The number of sulfone groups is 1. The van der Waals surface area contributed by atoms with Gasteiger partial charge in [-0.1, -0.05) is 0 Å². The van der Waals surface area contributed by atoms with Gasteiger partial charge in [0.25, 0.3) is 0 Å². The van der Waals surface area contributed by atoms with Crippen molar-refractivity contribution in [2.24, 2.45) is 0 Å². The number of benzene rings is 1. The second kappa shape index (κ2) is 3.29. The molecule has 0 unspecified atom stereocenters. The van der Waals surface area contributed by atoms with E-state index < -0.39 is 20.4 Å². The summed E-state index contributed by atoms with van der Waals surface area (Å²) in [6.07, 6.45) is 0.727. The summed E-state index contributed by atoms with van der Waals surface area (Å²) in [6, 6.07) is 5.46. The second-order valence-electron chi connectivity index (χ2n) is 4.02. The minimum absolute atomic E-state index is 0.0328. The Bertz CT molecular complexity index is 582. The van der Waals surface area contributed by atoms with Gasteiger partial charge < -0.3 is 0 Å². The Kier molecular flexibility index (Phi) is 2.28. The first-order valence-electron chi connectivity index (χ1n) is 4.85. The lowest BCUT2D eigenvalue weighted by molar-refractivity contribution is 0.586. The van der Waals surface area contributed by atoms with Crippen molar-refractivity contribution in [1.82, 2.24) is 0 Å². The molecule has 0 heterocycles. The van der Waals surface area contributed by atoms with Crippen LogP contribution in [0.15, 0.2) is 23.1 Å². The van der Waals surface area contributed by atoms with Crippen LogP contribution in [-0.2, 0) is 9.84 Å². The Morgan fingerprint density at radius 1 is 1.44 bits per heavy atom. The van der Waals surface area contributed by atoms with Gasteiger partial charge in [-0.25, -0.2) is 12.8 Å². The highest BCUT2D eigenvalue weighted by molar-refractivity contribution is 7.93. The van der Waals surface area contributed by atoms with Gasteiger partial charge >= 0.3 is 0 Å². The second-order valence-corrected chi connectivity index (χ2v) is 6.28. The third kappa shape index (κ3) is 1.41. The van der Waals surface area contributed by atoms with Crippen LogP contribution in [0.1, 0.15) is 18.4 Å². The van der Waals surface area contributed by atoms with Gasteiger partial charge in [-0.3, -0.25) is 0 Å². The van der Waals surface area contributed by atoms with Crippen LogP contribution in [0, 0.1) is 24.1 Å². The van der Waals surface area contributed by atoms with Gasteiger partial charge in [-0.15, -0.1) is 0 Å². The standard InChI is InChI=1S/C11H10FNO2S/c1-8-6-9(2-3-10(8)12)16(14,15)11(7-13)4-5-11/h2-3,6H,4-5H2,1H3. The molecular formula is C11H10FNO2S. The first kappa shape index (κ1) is 11.1. The average Bonchev–Trinajstić information content (AvgIpc) is 3.02. The fourth-order valence-corrected chi connectivity index (χ4v) is 3.35. The van der Waals surface area contributed by atoms with E-state index in [-0.39, 0.29) is 10.5 Å². The van der Waals surface area contributed by atoms with Crippen LogP contribution >= 0.6 is 0 Å². The van der Waals surface area contributed by atoms with Gasteiger partial charge in [-0.05, 0) is 43.5 Å². The fraction of sp³-hybridized carbons (Fsp3) is 0.364. The van der Waals surface area contributed by atoms with E-state index in [0.717, 1.165) is 6.07 Å². The van der Waals surface area contributed by atoms with Gasteiger partial charge in [0.2, 0.25) is 0 Å². The molecule has 0 N–H and O–H groups in total. The van der Waals surface area contributed by atoms with Crippen LogP contribution in [0.4, 0.5) is 4.39 Å². The number of nitriles is 1. The van der Waals surface area contributed by atoms with Crippen LogP contribution in [0.2, 0.25) is 0 Å². The number of hydrogen-bond donors (Lipinski definition) is 0. The first-order chi connectivity index (χ1) is 7.43. The maximum atomic E-state index is 13.0. The molecule has 5 heteroatoms. The molecule has 0 aromatic heterocycles. The Hall–Kier alpha value is -1.41. The molecule has 0 atom stereocenters. The molecule has 0 radical (unpaired) electrons. The van der Waals surface area contributed by atoms with E-state index in [1.54, 1.807) is 0 Å². The van der Waals surface area contributed by atoms with E-state index in [0.29, 0.717) is 12.8 Å². The molecule has 84 valence electrons. The average molecular weight is 239 g/mol. The van der Waals surface area contributed by atoms with Crippen molar-refractivity contribution in [3.63, 3.8) is 0 Å². The third-order valence-electron chi connectivity index (χ3n) is 2.86. The zero-order chi connectivity index (χ0) is 12.0. The van der Waals surface area contributed by atoms with E-state index in [2.05, 4.69) is 0 Å². The summed E-state index contributed by atoms with van der Waals surface area (Å²) in [5.74, 6) is -0.444. The van der Waals surface area contributed by atoms with Crippen molar-refractivity contribution >= 4 is 9.84 Å². The summed E-state index contributed by atoms with van der Waals surface area (Å²) >= 11 is 0. The maximum absolute atomic E-state index is 13.0. The molecule has 2 rings (SSSR count). The highest BCUT2D eigenvalue weighted by atomic mass is 32.2. The Balaban J connectivity index is 2.54. The van der Waals surface area contributed by atoms with Crippen molar-refractivity contribution in [3.8, 4) is 6.07 Å². The molecule has 3 nitrogen and oxygen atoms in total. The molecule has 1 aliphatic rings. The lowest BCUT2D eigenvalue weighted by Crippen LogP contribution is -2.21. The van der Waals surface area contributed by atoms with Crippen molar-refractivity contribution in [2.45, 2.75) is 29.4 Å². The van der Waals surface area contributed by atoms with Crippen molar-refractivity contribution in [3.05, 3.63) is 29.6 Å². The lowest BCUT2D eigenvalue weighted by atomic mass is 10.2. The molecule has 1 saturated carbocycles. The molecule has 0 saturated heterocycles. The molecule has 0 bridgehead atoms. The smallest absolute Gasteiger partial charge is 0.197 e. The molecular weight excluding hydrogens is 229 g/mol. The third-order valence-corrected chi connectivity index (χ3v) is 5.26. The zero-order valence-electron chi connectivity index (χ0n) is 8.70. The van der Waals surface area contributed by atoms with Crippen molar-refractivity contribution in [1.29, 1.82) is 5.26 Å². The highest BCUT2D eigenvalue weighted by Crippen LogP contribution is 2.46. The Morgan fingerprint density at radius 3 is 2.50 bits per heavy atom. The molecule has 16 heavy (non-hydrogen) atoms. The normalized spacial score (nSPS) is 17.8. The van der Waals surface area contributed by atoms with Gasteiger partial charge in [-0.2, -0.15) is 5.26 Å². The van der Waals surface area contributed by atoms with Crippen molar-refractivity contribution in [2.75, 3.05) is 0 Å². The summed E-state index contributed by atoms with van der Waals surface area (Å²) in [4.78, 5) is 0.0328. The van der Waals surface area contributed by atoms with Crippen LogP contribution in [-0.4, -0.2) is 13.2 Å². The highest BCUT2D eigenvalue weighted by Gasteiger charge is 2.56. The van der Waals surface area contributed by atoms with E-state index in [1.165, 1.54) is 19.1 Å². The Morgan fingerprint density at radius 2 is 2.06 bits per heavy atom. The van der Waals surface area contributed by atoms with Crippen LogP contribution < -0.4 is 0 Å². The van der Waals surface area contributed by atoms with Gasteiger partial charge in [0.1, 0.15) is 5.82 Å². The molecule has 1 aliphatic carbocycles. The summed E-state index contributed by atoms with van der Waals surface area (Å²) in [5.41, 5.74) is 0.273. The largest absolute Gasteiger partial charge is 0.222 e. The molecule has 0 amide bonds. The topological polar surface area (TPSA) is 57.9 Å². The van der Waals surface area contributed by atoms with E-state index >= 15 is 0 Å². The summed E-state index contributed by atoms with van der Waals surface area (Å²) in [7, 11) is -3.64. The summed E-state index contributed by atoms with van der Waals surface area (Å²) in [6.45, 7) is 1.50. The molecule has 0 aliphatic heterocycles. The van der Waals surface area contributed by atoms with Gasteiger partial charge in [0.15, 0.2) is 14.6 Å². The predicted octanol–water partition coefficient (Wildman–Crippen LogP) is 1.96. The van der Waals surface area contributed by atoms with Crippen LogP contribution in [0.3, 0.4) is 0 Å². The SMILES string of the molecule is Cc1cc(S(=O)(=O)C2(C#N)CC2)ccc1F. The maximum Gasteiger partial charge on any atom is 0.197 e. The van der Waals surface area contributed by atoms with E-state index in [4.69, 9.17) is 5.26 Å². The number of hydrogen-bond acceptors (Lipinski definition) is 3. The molecule has 1 aromatic rings. The number of nitrogens with zero attached hydrogens (tertiary/aromatic N) is 1. The molecule has 1 aromatic carbocycles. The number of aryl methyl sites for hydroxylation is 1. The minimum Gasteiger partial charge on any atom is -0.222 e. The van der Waals surface area contributed by atoms with Crippen LogP contribution in [0.25, 0.3) is 0 Å². The molecule has 0 spiro atoms.